The zero-order valence-electron chi connectivity index (χ0n) is 21.2. The summed E-state index contributed by atoms with van der Waals surface area (Å²) in [6.45, 7) is 4.97. The average molecular weight is 533 g/mol. The van der Waals surface area contributed by atoms with Gasteiger partial charge in [-0.25, -0.2) is 4.68 Å². The number of hydrogen-bond acceptors (Lipinski definition) is 3. The zero-order chi connectivity index (χ0) is 25.9. The lowest BCUT2D eigenvalue weighted by atomic mass is 9.95. The van der Waals surface area contributed by atoms with Crippen molar-refractivity contribution in [2.75, 3.05) is 6.54 Å². The molecule has 1 aromatic heterocycles. The van der Waals surface area contributed by atoms with E-state index in [4.69, 9.17) is 23.2 Å². The van der Waals surface area contributed by atoms with E-state index in [0.29, 0.717) is 21.7 Å². The molecule has 1 N–H and O–H groups in total. The molecule has 4 nitrogen and oxygen atoms in total. The maximum Gasteiger partial charge on any atom is 0.185 e. The van der Waals surface area contributed by atoms with Crippen molar-refractivity contribution in [3.63, 3.8) is 0 Å². The highest BCUT2D eigenvalue weighted by molar-refractivity contribution is 6.35. The molecule has 0 saturated heterocycles. The Labute approximate surface area is 228 Å². The Hall–Kier alpha value is -2.92. The highest BCUT2D eigenvalue weighted by atomic mass is 35.5. The molecule has 1 heterocycles. The molecule has 6 heteroatoms. The summed E-state index contributed by atoms with van der Waals surface area (Å²) in [5.74, 6) is 0.750. The van der Waals surface area contributed by atoms with Gasteiger partial charge >= 0.3 is 0 Å². The van der Waals surface area contributed by atoms with Crippen LogP contribution in [-0.4, -0.2) is 22.1 Å². The van der Waals surface area contributed by atoms with Crippen LogP contribution in [0.4, 0.5) is 0 Å². The van der Waals surface area contributed by atoms with Crippen molar-refractivity contribution in [2.24, 2.45) is 5.92 Å². The molecular weight excluding hydrogens is 501 g/mol. The zero-order valence-corrected chi connectivity index (χ0v) is 22.7. The van der Waals surface area contributed by atoms with Crippen molar-refractivity contribution in [3.05, 3.63) is 116 Å². The molecule has 1 unspecified atom stereocenters. The molecule has 3 aromatic carbocycles. The predicted molar refractivity (Wildman–Crippen MR) is 151 cm³/mol. The topological polar surface area (TPSA) is 46.9 Å². The van der Waals surface area contributed by atoms with E-state index in [-0.39, 0.29) is 18.2 Å². The number of rotatable bonds is 10. The standard InChI is InChI=1S/C31H31Cl2N3O/c1-3-21-6-5-9-26(16-21)36-29(14-20(2)35-36)30(37)17-23-7-4-8-24(15-23)31(34-19-22-10-11-22)27-13-12-25(32)18-28(27)33/h4-9,12-16,18,22,31,34H,3,10-11,17,19H2,1-2H3. The lowest BCUT2D eigenvalue weighted by Crippen LogP contribution is -2.25. The van der Waals surface area contributed by atoms with E-state index in [9.17, 15) is 4.79 Å². The maximum absolute atomic E-state index is 13.5. The SMILES string of the molecule is CCc1cccc(-n2nc(C)cc2C(=O)Cc2cccc(C(NCC3CC3)c3ccc(Cl)cc3Cl)c2)c1. The number of aromatic nitrogens is 2. The minimum Gasteiger partial charge on any atom is -0.306 e. The number of nitrogens with one attached hydrogen (secondary N) is 1. The molecular formula is C31H31Cl2N3O. The van der Waals surface area contributed by atoms with Gasteiger partial charge in [-0.15, -0.1) is 0 Å². The maximum atomic E-state index is 13.5. The van der Waals surface area contributed by atoms with Gasteiger partial charge in [0, 0.05) is 16.5 Å². The summed E-state index contributed by atoms with van der Waals surface area (Å²) in [6.07, 6.45) is 3.74. The third-order valence-corrected chi connectivity index (χ3v) is 7.47. The summed E-state index contributed by atoms with van der Waals surface area (Å²) < 4.78 is 1.77. The number of halogens is 2. The largest absolute Gasteiger partial charge is 0.306 e. The van der Waals surface area contributed by atoms with E-state index >= 15 is 0 Å². The summed E-state index contributed by atoms with van der Waals surface area (Å²) in [5.41, 5.74) is 6.56. The monoisotopic (exact) mass is 531 g/mol. The van der Waals surface area contributed by atoms with E-state index in [1.807, 2.05) is 49.4 Å². The van der Waals surface area contributed by atoms with Crippen LogP contribution < -0.4 is 5.32 Å². The van der Waals surface area contributed by atoms with Crippen molar-refractivity contribution in [1.82, 2.24) is 15.1 Å². The van der Waals surface area contributed by atoms with Gasteiger partial charge in [0.1, 0.15) is 5.69 Å². The van der Waals surface area contributed by atoms with E-state index in [2.05, 4.69) is 41.6 Å². The lowest BCUT2D eigenvalue weighted by Gasteiger charge is -2.22. The molecule has 1 aliphatic carbocycles. The predicted octanol–water partition coefficient (Wildman–Crippen LogP) is 7.56. The van der Waals surface area contributed by atoms with Crippen molar-refractivity contribution in [3.8, 4) is 5.69 Å². The molecule has 190 valence electrons. The molecule has 0 radical (unpaired) electrons. The number of hydrogen-bond donors (Lipinski definition) is 1. The second-order valence-electron chi connectivity index (χ2n) is 9.90. The summed E-state index contributed by atoms with van der Waals surface area (Å²) in [5, 5.41) is 9.58. The van der Waals surface area contributed by atoms with Crippen LogP contribution in [0.25, 0.3) is 5.69 Å². The van der Waals surface area contributed by atoms with Crippen LogP contribution in [0.5, 0.6) is 0 Å². The molecule has 5 rings (SSSR count). The van der Waals surface area contributed by atoms with Gasteiger partial charge in [-0.1, -0.05) is 72.6 Å². The minimum atomic E-state index is -0.0787. The summed E-state index contributed by atoms with van der Waals surface area (Å²) in [6, 6.07) is 23.9. The van der Waals surface area contributed by atoms with E-state index < -0.39 is 0 Å². The number of benzene rings is 3. The van der Waals surface area contributed by atoms with Gasteiger partial charge in [0.15, 0.2) is 5.78 Å². The molecule has 1 atom stereocenters. The Balaban J connectivity index is 1.42. The molecule has 4 aromatic rings. The Morgan fingerprint density at radius 1 is 1.03 bits per heavy atom. The molecule has 0 bridgehead atoms. The fraction of sp³-hybridized carbons (Fsp3) is 0.290. The number of carbonyl (C=O) groups excluding carboxylic acids is 1. The number of Topliss-reactive ketones (excluding diaryl/α,β-unsaturated/α-hetero) is 1. The van der Waals surface area contributed by atoms with Gasteiger partial charge in [-0.05, 0) is 91.2 Å². The fourth-order valence-corrected chi connectivity index (χ4v) is 5.23. The quantitative estimate of drug-likeness (QED) is 0.214. The van der Waals surface area contributed by atoms with Gasteiger partial charge < -0.3 is 5.32 Å². The van der Waals surface area contributed by atoms with Crippen molar-refractivity contribution < 1.29 is 4.79 Å². The minimum absolute atomic E-state index is 0.0340. The van der Waals surface area contributed by atoms with Gasteiger partial charge in [0.2, 0.25) is 0 Å². The fourth-order valence-electron chi connectivity index (χ4n) is 4.71. The van der Waals surface area contributed by atoms with Crippen LogP contribution in [0.15, 0.2) is 72.8 Å². The number of carbonyl (C=O) groups is 1. The second kappa shape index (κ2) is 11.2. The van der Waals surface area contributed by atoms with Crippen molar-refractivity contribution in [2.45, 2.75) is 45.6 Å². The molecule has 0 aliphatic heterocycles. The van der Waals surface area contributed by atoms with Crippen LogP contribution in [0, 0.1) is 12.8 Å². The van der Waals surface area contributed by atoms with Gasteiger partial charge in [-0.2, -0.15) is 5.10 Å². The number of ketones is 1. The first-order valence-electron chi connectivity index (χ1n) is 12.9. The van der Waals surface area contributed by atoms with Gasteiger partial charge in [0.25, 0.3) is 0 Å². The third kappa shape index (κ3) is 6.15. The smallest absolute Gasteiger partial charge is 0.185 e. The van der Waals surface area contributed by atoms with E-state index in [0.717, 1.165) is 41.0 Å². The third-order valence-electron chi connectivity index (χ3n) is 6.91. The Morgan fingerprint density at radius 3 is 2.57 bits per heavy atom. The highest BCUT2D eigenvalue weighted by Crippen LogP contribution is 2.34. The first-order valence-corrected chi connectivity index (χ1v) is 13.6. The molecule has 1 saturated carbocycles. The Morgan fingerprint density at radius 2 is 1.81 bits per heavy atom. The summed E-state index contributed by atoms with van der Waals surface area (Å²) >= 11 is 12.8. The molecule has 0 amide bonds. The number of aryl methyl sites for hydroxylation is 2. The van der Waals surface area contributed by atoms with Crippen LogP contribution >= 0.6 is 23.2 Å². The van der Waals surface area contributed by atoms with Gasteiger partial charge in [-0.3, -0.25) is 4.79 Å². The Bertz CT molecular complexity index is 1420. The normalized spacial score (nSPS) is 14.1. The molecule has 0 spiro atoms. The first-order chi connectivity index (χ1) is 17.9. The van der Waals surface area contributed by atoms with Gasteiger partial charge in [0.05, 0.1) is 17.4 Å². The molecule has 37 heavy (non-hydrogen) atoms. The van der Waals surface area contributed by atoms with Crippen molar-refractivity contribution >= 4 is 29.0 Å². The van der Waals surface area contributed by atoms with E-state index in [1.165, 1.54) is 18.4 Å². The molecule has 1 aliphatic rings. The van der Waals surface area contributed by atoms with E-state index in [1.54, 1.807) is 10.7 Å². The van der Waals surface area contributed by atoms with Crippen LogP contribution in [0.1, 0.15) is 64.2 Å². The summed E-state index contributed by atoms with van der Waals surface area (Å²) in [4.78, 5) is 13.5. The Kier molecular flexibility index (Phi) is 7.80. The first kappa shape index (κ1) is 25.7. The number of nitrogens with zero attached hydrogens (tertiary/aromatic N) is 2. The second-order valence-corrected chi connectivity index (χ2v) is 10.7. The van der Waals surface area contributed by atoms with Crippen LogP contribution in [0.2, 0.25) is 10.0 Å². The van der Waals surface area contributed by atoms with Crippen LogP contribution in [0.3, 0.4) is 0 Å². The summed E-state index contributed by atoms with van der Waals surface area (Å²) in [7, 11) is 0. The highest BCUT2D eigenvalue weighted by Gasteiger charge is 2.25. The molecule has 1 fully saturated rings. The van der Waals surface area contributed by atoms with Crippen molar-refractivity contribution in [1.29, 1.82) is 0 Å². The lowest BCUT2D eigenvalue weighted by molar-refractivity contribution is 0.0985. The average Bonchev–Trinajstić information content (AvgIpc) is 3.64. The van der Waals surface area contributed by atoms with Crippen LogP contribution in [-0.2, 0) is 12.8 Å².